The summed E-state index contributed by atoms with van der Waals surface area (Å²) in [4.78, 5) is 56.8. The van der Waals surface area contributed by atoms with Crippen molar-refractivity contribution in [1.82, 2.24) is 25.8 Å². The van der Waals surface area contributed by atoms with Crippen LogP contribution in [0.4, 0.5) is 0 Å². The number of carbonyl (C=O) groups is 4. The summed E-state index contributed by atoms with van der Waals surface area (Å²) in [6.45, 7) is 2.31. The van der Waals surface area contributed by atoms with Crippen LogP contribution in [0.2, 0.25) is 0 Å². The van der Waals surface area contributed by atoms with Gasteiger partial charge in [-0.2, -0.15) is 0 Å². The Hall–Kier alpha value is -4.69. The number of piperazine rings is 2. The fourth-order valence-electron chi connectivity index (χ4n) is 5.87. The van der Waals surface area contributed by atoms with E-state index in [0.717, 1.165) is 0 Å². The molecule has 3 aliphatic rings. The predicted octanol–water partition coefficient (Wildman–Crippen LogP) is -0.754. The number of nitrogens with one attached hydrogen (secondary N) is 4. The lowest BCUT2D eigenvalue weighted by molar-refractivity contribution is -0.172. The average Bonchev–Trinajstić information content (AvgIpc) is 3.45. The van der Waals surface area contributed by atoms with Crippen LogP contribution >= 0.6 is 0 Å². The monoisotopic (exact) mass is 579 g/mol. The summed E-state index contributed by atoms with van der Waals surface area (Å²) in [6.07, 6.45) is 0. The highest BCUT2D eigenvalue weighted by Gasteiger charge is 2.60. The third-order valence-corrected chi connectivity index (χ3v) is 7.91. The van der Waals surface area contributed by atoms with Crippen LogP contribution in [-0.4, -0.2) is 102 Å². The van der Waals surface area contributed by atoms with Crippen LogP contribution in [0.25, 0.3) is 0 Å². The Bertz CT molecular complexity index is 1420. The van der Waals surface area contributed by atoms with Crippen LogP contribution in [0, 0.1) is 5.41 Å². The Kier molecular flexibility index (Phi) is 8.00. The molecule has 0 aromatic heterocycles. The van der Waals surface area contributed by atoms with Gasteiger partial charge in [0.15, 0.2) is 17.0 Å². The van der Waals surface area contributed by atoms with E-state index >= 15 is 0 Å². The van der Waals surface area contributed by atoms with Crippen molar-refractivity contribution >= 4 is 29.5 Å². The summed E-state index contributed by atoms with van der Waals surface area (Å²) < 4.78 is 11.0. The summed E-state index contributed by atoms with van der Waals surface area (Å²) in [5, 5.41) is 27.6. The Morgan fingerprint density at radius 1 is 1.00 bits per heavy atom. The molecule has 2 fully saturated rings. The number of hydrogen-bond acceptors (Lipinski definition) is 9. The van der Waals surface area contributed by atoms with Crippen LogP contribution in [0.3, 0.4) is 0 Å². The summed E-state index contributed by atoms with van der Waals surface area (Å²) in [5.74, 6) is -2.12. The lowest BCUT2D eigenvalue weighted by atomic mass is 9.75. The smallest absolute Gasteiger partial charge is 0.334 e. The zero-order valence-electron chi connectivity index (χ0n) is 23.0. The third-order valence-electron chi connectivity index (χ3n) is 7.91. The van der Waals surface area contributed by atoms with Crippen molar-refractivity contribution in [2.24, 2.45) is 5.73 Å². The van der Waals surface area contributed by atoms with Gasteiger partial charge in [0.25, 0.3) is 5.91 Å². The van der Waals surface area contributed by atoms with E-state index in [-0.39, 0.29) is 50.3 Å². The van der Waals surface area contributed by atoms with Crippen molar-refractivity contribution in [3.63, 3.8) is 0 Å². The van der Waals surface area contributed by atoms with Crippen molar-refractivity contribution in [1.29, 1.82) is 5.41 Å². The maximum absolute atomic E-state index is 13.7. The Balaban J connectivity index is 1.65. The second-order valence-corrected chi connectivity index (χ2v) is 10.3. The van der Waals surface area contributed by atoms with Crippen LogP contribution in [-0.2, 0) is 14.4 Å². The molecule has 14 nitrogen and oxygen atoms in total. The minimum Gasteiger partial charge on any atom is -0.479 e. The van der Waals surface area contributed by atoms with E-state index in [9.17, 15) is 24.3 Å². The van der Waals surface area contributed by atoms with Gasteiger partial charge in [0.05, 0.1) is 25.2 Å². The quantitative estimate of drug-likeness (QED) is 0.162. The fourth-order valence-corrected chi connectivity index (χ4v) is 5.87. The van der Waals surface area contributed by atoms with Gasteiger partial charge >= 0.3 is 5.97 Å². The van der Waals surface area contributed by atoms with Crippen molar-refractivity contribution in [3.05, 3.63) is 59.2 Å². The molecule has 0 aliphatic carbocycles. The third kappa shape index (κ3) is 5.10. The summed E-state index contributed by atoms with van der Waals surface area (Å²) >= 11 is 0. The fraction of sp³-hybridized carbons (Fsp3) is 0.393. The largest absolute Gasteiger partial charge is 0.479 e. The number of nitrogens with two attached hydrogens (primary N) is 1. The molecule has 2 aromatic carbocycles. The first-order chi connectivity index (χ1) is 20.1. The van der Waals surface area contributed by atoms with E-state index in [4.69, 9.17) is 20.6 Å². The molecular formula is C28H33N7O7. The molecule has 5 rings (SSSR count). The van der Waals surface area contributed by atoms with E-state index < -0.39 is 35.4 Å². The van der Waals surface area contributed by atoms with Gasteiger partial charge < -0.3 is 46.1 Å². The summed E-state index contributed by atoms with van der Waals surface area (Å²) in [5.41, 5.74) is 4.44. The molecule has 0 spiro atoms. The maximum atomic E-state index is 13.7. The molecule has 0 radical (unpaired) electrons. The topological polar surface area (TPSA) is 199 Å². The van der Waals surface area contributed by atoms with Crippen LogP contribution in [0.15, 0.2) is 42.5 Å². The predicted molar refractivity (Wildman–Crippen MR) is 149 cm³/mol. The number of amides is 3. The minimum absolute atomic E-state index is 0.00868. The second-order valence-electron chi connectivity index (χ2n) is 10.3. The normalized spacial score (nSPS) is 19.5. The zero-order chi connectivity index (χ0) is 30.0. The first-order valence-electron chi connectivity index (χ1n) is 13.5. The number of aliphatic carboxylic acids is 1. The zero-order valence-corrected chi connectivity index (χ0v) is 23.0. The highest BCUT2D eigenvalue weighted by molar-refractivity contribution is 5.99. The SMILES string of the molecule is CC(NC(=O)c1ccc(C(=N)N)cc1)C(C(=O)O)(C(c1ccc2c(c1)OCO2)N1CCNCC1=O)N1CCNCC1=O. The number of carboxylic acids is 1. The minimum atomic E-state index is -2.13. The second kappa shape index (κ2) is 11.7. The molecule has 2 aromatic rings. The highest BCUT2D eigenvalue weighted by Crippen LogP contribution is 2.44. The van der Waals surface area contributed by atoms with Crippen molar-refractivity contribution in [2.45, 2.75) is 24.5 Å². The van der Waals surface area contributed by atoms with Gasteiger partial charge in [-0.15, -0.1) is 0 Å². The number of hydrogen-bond donors (Lipinski definition) is 6. The van der Waals surface area contributed by atoms with Gasteiger partial charge in [0.2, 0.25) is 18.6 Å². The maximum Gasteiger partial charge on any atom is 0.334 e. The van der Waals surface area contributed by atoms with Crippen LogP contribution < -0.4 is 31.2 Å². The van der Waals surface area contributed by atoms with Gasteiger partial charge in [-0.1, -0.05) is 18.2 Å². The Morgan fingerprint density at radius 3 is 2.29 bits per heavy atom. The number of carbonyl (C=O) groups excluding carboxylic acids is 3. The van der Waals surface area contributed by atoms with E-state index in [1.54, 1.807) is 18.2 Å². The number of nitrogens with zero attached hydrogens (tertiary/aromatic N) is 2. The average molecular weight is 580 g/mol. The molecule has 0 bridgehead atoms. The molecule has 3 amide bonds. The van der Waals surface area contributed by atoms with E-state index in [0.29, 0.717) is 35.7 Å². The molecule has 3 aliphatic heterocycles. The number of carboxylic acid groups (broad SMARTS) is 1. The Morgan fingerprint density at radius 2 is 1.64 bits per heavy atom. The van der Waals surface area contributed by atoms with Crippen molar-refractivity contribution < 1.29 is 33.8 Å². The van der Waals surface area contributed by atoms with Gasteiger partial charge in [-0.3, -0.25) is 19.8 Å². The van der Waals surface area contributed by atoms with Crippen molar-refractivity contribution in [2.75, 3.05) is 46.1 Å². The number of rotatable bonds is 9. The number of nitrogen functional groups attached to an aromatic ring is 1. The Labute approximate surface area is 241 Å². The van der Waals surface area contributed by atoms with E-state index in [2.05, 4.69) is 16.0 Å². The van der Waals surface area contributed by atoms with Gasteiger partial charge in [-0.05, 0) is 36.8 Å². The molecular weight excluding hydrogens is 546 g/mol. The molecule has 3 unspecified atom stereocenters. The first kappa shape index (κ1) is 28.8. The first-order valence-corrected chi connectivity index (χ1v) is 13.5. The van der Waals surface area contributed by atoms with Crippen LogP contribution in [0.1, 0.15) is 34.5 Å². The molecule has 42 heavy (non-hydrogen) atoms. The molecule has 3 heterocycles. The van der Waals surface area contributed by atoms with Crippen molar-refractivity contribution in [3.8, 4) is 11.5 Å². The summed E-state index contributed by atoms with van der Waals surface area (Å²) in [7, 11) is 0. The number of ether oxygens (including phenoxy) is 2. The highest BCUT2D eigenvalue weighted by atomic mass is 16.7. The van der Waals surface area contributed by atoms with Gasteiger partial charge in [0, 0.05) is 37.3 Å². The van der Waals surface area contributed by atoms with E-state index in [1.165, 1.54) is 41.0 Å². The molecule has 7 N–H and O–H groups in total. The molecule has 222 valence electrons. The lowest BCUT2D eigenvalue weighted by Crippen LogP contribution is -2.75. The molecule has 2 saturated heterocycles. The molecule has 3 atom stereocenters. The van der Waals surface area contributed by atoms with Crippen LogP contribution in [0.5, 0.6) is 11.5 Å². The number of benzene rings is 2. The summed E-state index contributed by atoms with van der Waals surface area (Å²) in [6, 6.07) is 8.50. The standard InChI is InChI=1S/C28H33N7O7/c1-16(33-26(38)18-4-2-17(3-5-18)25(29)30)28(27(39)40,35-11-9-32-14-23(35)37)24(34-10-8-31-13-22(34)36)19-6-7-20-21(12-19)42-15-41-20/h2-7,12,16,24,31-32H,8-11,13-15H2,1H3,(H3,29,30)(H,33,38)(H,39,40). The van der Waals surface area contributed by atoms with Gasteiger partial charge in [-0.25, -0.2) is 4.79 Å². The van der Waals surface area contributed by atoms with Gasteiger partial charge in [0.1, 0.15) is 5.84 Å². The van der Waals surface area contributed by atoms with E-state index in [1.807, 2.05) is 0 Å². The lowest BCUT2D eigenvalue weighted by Gasteiger charge is -2.53. The number of amidine groups is 1. The molecule has 0 saturated carbocycles. The number of fused-ring (bicyclic) bond motifs is 1. The molecule has 14 heteroatoms.